The van der Waals surface area contributed by atoms with Gasteiger partial charge in [0, 0.05) is 6.07 Å². The molecule has 1 aromatic rings. The molecule has 27 heavy (non-hydrogen) atoms. The summed E-state index contributed by atoms with van der Waals surface area (Å²) >= 11 is 0. The molecule has 154 valence electrons. The van der Waals surface area contributed by atoms with E-state index in [-0.39, 0.29) is 12.2 Å². The summed E-state index contributed by atoms with van der Waals surface area (Å²) in [4.78, 5) is 11.7. The summed E-state index contributed by atoms with van der Waals surface area (Å²) in [6.07, 6.45) is 17.7. The van der Waals surface area contributed by atoms with Gasteiger partial charge < -0.3 is 4.74 Å². The van der Waals surface area contributed by atoms with Crippen molar-refractivity contribution in [3.05, 3.63) is 35.4 Å². The third kappa shape index (κ3) is 11.8. The van der Waals surface area contributed by atoms with Crippen molar-refractivity contribution in [3.8, 4) is 0 Å². The molecule has 0 aromatic heterocycles. The lowest BCUT2D eigenvalue weighted by atomic mass is 10.0. The van der Waals surface area contributed by atoms with Crippen molar-refractivity contribution in [2.24, 2.45) is 0 Å². The van der Waals surface area contributed by atoms with E-state index in [1.165, 1.54) is 70.6 Å². The molecule has 1 aromatic carbocycles. The summed E-state index contributed by atoms with van der Waals surface area (Å²) in [6, 6.07) is 2.88. The molecule has 1 rings (SSSR count). The fourth-order valence-electron chi connectivity index (χ4n) is 3.19. The number of carbonyl (C=O) groups is 1. The van der Waals surface area contributed by atoms with Crippen LogP contribution in [0.4, 0.5) is 8.78 Å². The van der Waals surface area contributed by atoms with E-state index in [0.29, 0.717) is 6.07 Å². The lowest BCUT2D eigenvalue weighted by Gasteiger charge is -2.06. The van der Waals surface area contributed by atoms with Crippen LogP contribution in [0.25, 0.3) is 0 Å². The Hall–Kier alpha value is -1.45. The maximum atomic E-state index is 13.5. The Bertz CT molecular complexity index is 517. The van der Waals surface area contributed by atoms with Crippen LogP contribution in [0.3, 0.4) is 0 Å². The molecule has 0 aliphatic rings. The third-order valence-corrected chi connectivity index (χ3v) is 4.88. The Morgan fingerprint density at radius 2 is 1.26 bits per heavy atom. The predicted octanol–water partition coefficient (Wildman–Crippen LogP) is 7.60. The highest BCUT2D eigenvalue weighted by Gasteiger charge is 2.13. The summed E-state index contributed by atoms with van der Waals surface area (Å²) < 4.78 is 31.3. The Morgan fingerprint density at radius 1 is 0.778 bits per heavy atom. The fraction of sp³-hybridized carbons (Fsp3) is 0.696. The van der Waals surface area contributed by atoms with Crippen LogP contribution in [0, 0.1) is 11.6 Å². The van der Waals surface area contributed by atoms with Gasteiger partial charge in [0.1, 0.15) is 11.6 Å². The first-order valence-corrected chi connectivity index (χ1v) is 10.8. The third-order valence-electron chi connectivity index (χ3n) is 4.88. The molecule has 0 heterocycles. The van der Waals surface area contributed by atoms with Crippen molar-refractivity contribution < 1.29 is 18.3 Å². The van der Waals surface area contributed by atoms with E-state index in [4.69, 9.17) is 4.74 Å². The Labute approximate surface area is 163 Å². The molecule has 0 aliphatic heterocycles. The lowest BCUT2D eigenvalue weighted by Crippen LogP contribution is -2.08. The Kier molecular flexibility index (Phi) is 13.6. The summed E-state index contributed by atoms with van der Waals surface area (Å²) in [5.74, 6) is -2.29. The molecular formula is C23H36F2O2. The van der Waals surface area contributed by atoms with Crippen molar-refractivity contribution in [1.29, 1.82) is 0 Å². The maximum Gasteiger partial charge on any atom is 0.341 e. The number of hydrogen-bond donors (Lipinski definition) is 0. The molecule has 0 atom stereocenters. The highest BCUT2D eigenvalue weighted by Crippen LogP contribution is 2.14. The lowest BCUT2D eigenvalue weighted by molar-refractivity contribution is 0.0492. The van der Waals surface area contributed by atoms with E-state index < -0.39 is 17.6 Å². The highest BCUT2D eigenvalue weighted by molar-refractivity contribution is 5.89. The van der Waals surface area contributed by atoms with Gasteiger partial charge in [-0.05, 0) is 18.6 Å². The quantitative estimate of drug-likeness (QED) is 0.217. The van der Waals surface area contributed by atoms with E-state index in [2.05, 4.69) is 6.92 Å². The van der Waals surface area contributed by atoms with Gasteiger partial charge in [-0.1, -0.05) is 90.4 Å². The monoisotopic (exact) mass is 382 g/mol. The second-order valence-corrected chi connectivity index (χ2v) is 7.36. The fourth-order valence-corrected chi connectivity index (χ4v) is 3.19. The van der Waals surface area contributed by atoms with Crippen LogP contribution in [0.1, 0.15) is 107 Å². The van der Waals surface area contributed by atoms with Crippen LogP contribution in [0.15, 0.2) is 18.2 Å². The number of rotatable bonds is 16. The second kappa shape index (κ2) is 15.6. The van der Waals surface area contributed by atoms with E-state index >= 15 is 0 Å². The van der Waals surface area contributed by atoms with Crippen molar-refractivity contribution in [2.45, 2.75) is 96.8 Å². The first kappa shape index (κ1) is 23.6. The molecule has 0 saturated heterocycles. The first-order chi connectivity index (χ1) is 13.1. The van der Waals surface area contributed by atoms with Gasteiger partial charge in [-0.25, -0.2) is 13.6 Å². The highest BCUT2D eigenvalue weighted by atomic mass is 19.1. The molecule has 0 bridgehead atoms. The minimum atomic E-state index is -0.874. The van der Waals surface area contributed by atoms with Gasteiger partial charge in [0.2, 0.25) is 0 Å². The van der Waals surface area contributed by atoms with Gasteiger partial charge in [0.05, 0.1) is 12.2 Å². The molecule has 0 N–H and O–H groups in total. The number of benzene rings is 1. The van der Waals surface area contributed by atoms with Crippen LogP contribution in [-0.4, -0.2) is 12.6 Å². The number of unbranched alkanes of at least 4 members (excludes halogenated alkanes) is 13. The van der Waals surface area contributed by atoms with Crippen molar-refractivity contribution in [3.63, 3.8) is 0 Å². The number of ether oxygens (including phenoxy) is 1. The standard InChI is InChI=1S/C23H36F2O2/c1-2-3-4-5-6-7-8-9-10-11-12-13-14-15-18-27-23(26)21-17-16-20(24)19-22(21)25/h16-17,19H,2-15,18H2,1H3. The van der Waals surface area contributed by atoms with Gasteiger partial charge in [-0.15, -0.1) is 0 Å². The molecule has 0 aliphatic carbocycles. The van der Waals surface area contributed by atoms with E-state index in [0.717, 1.165) is 31.4 Å². The number of esters is 1. The topological polar surface area (TPSA) is 26.3 Å². The summed E-state index contributed by atoms with van der Waals surface area (Å²) in [5.41, 5.74) is -0.207. The van der Waals surface area contributed by atoms with Crippen molar-refractivity contribution in [1.82, 2.24) is 0 Å². The van der Waals surface area contributed by atoms with E-state index in [9.17, 15) is 13.6 Å². The average molecular weight is 383 g/mol. The molecule has 2 nitrogen and oxygen atoms in total. The summed E-state index contributed by atoms with van der Waals surface area (Å²) in [6.45, 7) is 2.54. The number of carbonyl (C=O) groups excluding carboxylic acids is 1. The molecule has 0 unspecified atom stereocenters. The molecular weight excluding hydrogens is 346 g/mol. The van der Waals surface area contributed by atoms with Crippen LogP contribution in [0.2, 0.25) is 0 Å². The van der Waals surface area contributed by atoms with Crippen LogP contribution < -0.4 is 0 Å². The molecule has 0 radical (unpaired) electrons. The van der Waals surface area contributed by atoms with Crippen molar-refractivity contribution in [2.75, 3.05) is 6.61 Å². The zero-order valence-electron chi connectivity index (χ0n) is 16.9. The van der Waals surface area contributed by atoms with Gasteiger partial charge in [-0.2, -0.15) is 0 Å². The van der Waals surface area contributed by atoms with E-state index in [1.54, 1.807) is 0 Å². The Balaban J connectivity index is 1.88. The Morgan fingerprint density at radius 3 is 1.74 bits per heavy atom. The normalized spacial score (nSPS) is 10.9. The smallest absolute Gasteiger partial charge is 0.341 e. The van der Waals surface area contributed by atoms with Crippen LogP contribution in [-0.2, 0) is 4.74 Å². The van der Waals surface area contributed by atoms with Crippen molar-refractivity contribution >= 4 is 5.97 Å². The summed E-state index contributed by atoms with van der Waals surface area (Å²) in [7, 11) is 0. The van der Waals surface area contributed by atoms with Gasteiger partial charge in [-0.3, -0.25) is 0 Å². The minimum Gasteiger partial charge on any atom is -0.462 e. The molecule has 0 spiro atoms. The predicted molar refractivity (Wildman–Crippen MR) is 107 cm³/mol. The SMILES string of the molecule is CCCCCCCCCCCCCCCCOC(=O)c1ccc(F)cc1F. The molecule has 0 amide bonds. The van der Waals surface area contributed by atoms with Gasteiger partial charge in [0.15, 0.2) is 0 Å². The molecule has 4 heteroatoms. The largest absolute Gasteiger partial charge is 0.462 e. The molecule has 0 fully saturated rings. The number of halogens is 2. The van der Waals surface area contributed by atoms with E-state index in [1.807, 2.05) is 0 Å². The molecule has 0 saturated carbocycles. The van der Waals surface area contributed by atoms with Crippen LogP contribution >= 0.6 is 0 Å². The maximum absolute atomic E-state index is 13.5. The van der Waals surface area contributed by atoms with Crippen LogP contribution in [0.5, 0.6) is 0 Å². The second-order valence-electron chi connectivity index (χ2n) is 7.36. The average Bonchev–Trinajstić information content (AvgIpc) is 2.64. The zero-order valence-corrected chi connectivity index (χ0v) is 16.9. The summed E-state index contributed by atoms with van der Waals surface area (Å²) in [5, 5.41) is 0. The number of hydrogen-bond acceptors (Lipinski definition) is 2. The zero-order chi connectivity index (χ0) is 19.7. The first-order valence-electron chi connectivity index (χ1n) is 10.8. The minimum absolute atomic E-state index is 0.207. The van der Waals surface area contributed by atoms with Gasteiger partial charge in [0.25, 0.3) is 0 Å². The van der Waals surface area contributed by atoms with Gasteiger partial charge >= 0.3 is 5.97 Å².